The maximum absolute atomic E-state index is 13.9. The highest BCUT2D eigenvalue weighted by Crippen LogP contribution is 2.26. The molecule has 0 saturated carbocycles. The number of hydrogen-bond acceptors (Lipinski definition) is 6. The van der Waals surface area contributed by atoms with Gasteiger partial charge in [-0.15, -0.1) is 0 Å². The number of halogens is 1. The summed E-state index contributed by atoms with van der Waals surface area (Å²) in [6.45, 7) is 4.67. The second kappa shape index (κ2) is 13.4. The summed E-state index contributed by atoms with van der Waals surface area (Å²) in [7, 11) is -4.27. The van der Waals surface area contributed by atoms with Crippen molar-refractivity contribution in [3.05, 3.63) is 99.6 Å². The number of nitrogens with zero attached hydrogens (tertiary/aromatic N) is 3. The SMILES string of the molecule is CCC(C)NC(=O)C(C)N(Cc1cccc(Cl)c1)C(=O)CN(c1ccc([N+](=O)[O-])cc1)S(=O)(=O)c1ccccc1. The predicted molar refractivity (Wildman–Crippen MR) is 153 cm³/mol. The Morgan fingerprint density at radius 3 is 2.23 bits per heavy atom. The molecule has 212 valence electrons. The smallest absolute Gasteiger partial charge is 0.269 e. The van der Waals surface area contributed by atoms with Crippen LogP contribution in [-0.4, -0.2) is 48.7 Å². The zero-order chi connectivity index (χ0) is 29.4. The molecule has 0 bridgehead atoms. The van der Waals surface area contributed by atoms with Gasteiger partial charge in [0.25, 0.3) is 15.7 Å². The highest BCUT2D eigenvalue weighted by molar-refractivity contribution is 7.92. The number of benzene rings is 3. The lowest BCUT2D eigenvalue weighted by Crippen LogP contribution is -2.52. The molecule has 10 nitrogen and oxygen atoms in total. The molecule has 2 unspecified atom stereocenters. The van der Waals surface area contributed by atoms with Crippen molar-refractivity contribution in [2.45, 2.75) is 50.7 Å². The largest absolute Gasteiger partial charge is 0.352 e. The van der Waals surface area contributed by atoms with Crippen LogP contribution in [0.1, 0.15) is 32.8 Å². The molecule has 0 fully saturated rings. The van der Waals surface area contributed by atoms with Crippen LogP contribution >= 0.6 is 11.6 Å². The number of hydrogen-bond donors (Lipinski definition) is 1. The minimum atomic E-state index is -4.27. The number of amides is 2. The molecule has 0 aliphatic rings. The quantitative estimate of drug-likeness (QED) is 0.240. The first-order valence-corrected chi connectivity index (χ1v) is 14.4. The van der Waals surface area contributed by atoms with E-state index in [1.165, 1.54) is 41.3 Å². The summed E-state index contributed by atoms with van der Waals surface area (Å²) in [6, 6.07) is 18.1. The van der Waals surface area contributed by atoms with Crippen LogP contribution in [0.2, 0.25) is 5.02 Å². The van der Waals surface area contributed by atoms with Gasteiger partial charge in [-0.05, 0) is 62.2 Å². The van der Waals surface area contributed by atoms with Crippen LogP contribution < -0.4 is 9.62 Å². The van der Waals surface area contributed by atoms with E-state index in [9.17, 15) is 28.1 Å². The van der Waals surface area contributed by atoms with Gasteiger partial charge in [-0.2, -0.15) is 0 Å². The van der Waals surface area contributed by atoms with E-state index in [0.29, 0.717) is 17.0 Å². The molecule has 1 N–H and O–H groups in total. The number of nitrogens with one attached hydrogen (secondary N) is 1. The van der Waals surface area contributed by atoms with Crippen LogP contribution in [0.4, 0.5) is 11.4 Å². The molecule has 12 heteroatoms. The van der Waals surface area contributed by atoms with Crippen molar-refractivity contribution in [1.82, 2.24) is 10.2 Å². The fourth-order valence-corrected chi connectivity index (χ4v) is 5.52. The number of anilines is 1. The van der Waals surface area contributed by atoms with Crippen LogP contribution in [0.15, 0.2) is 83.8 Å². The van der Waals surface area contributed by atoms with Crippen molar-refractivity contribution in [1.29, 1.82) is 0 Å². The molecule has 0 aliphatic heterocycles. The summed E-state index contributed by atoms with van der Waals surface area (Å²) >= 11 is 6.15. The average molecular weight is 587 g/mol. The fourth-order valence-electron chi connectivity index (χ4n) is 3.87. The van der Waals surface area contributed by atoms with Crippen molar-refractivity contribution < 1.29 is 22.9 Å². The predicted octanol–water partition coefficient (Wildman–Crippen LogP) is 4.78. The van der Waals surface area contributed by atoms with Crippen molar-refractivity contribution in [2.75, 3.05) is 10.8 Å². The number of nitro groups is 1. The first-order chi connectivity index (χ1) is 18.9. The Hall–Kier alpha value is -3.96. The van der Waals surface area contributed by atoms with E-state index in [2.05, 4.69) is 5.32 Å². The second-order valence-electron chi connectivity index (χ2n) is 9.24. The Balaban J connectivity index is 2.03. The number of sulfonamides is 1. The lowest BCUT2D eigenvalue weighted by Gasteiger charge is -2.32. The minimum Gasteiger partial charge on any atom is -0.352 e. The Kier molecular flexibility index (Phi) is 10.2. The number of non-ortho nitro benzene ring substituents is 1. The van der Waals surface area contributed by atoms with E-state index in [1.807, 2.05) is 13.8 Å². The highest BCUT2D eigenvalue weighted by Gasteiger charge is 2.33. The van der Waals surface area contributed by atoms with E-state index in [-0.39, 0.29) is 28.9 Å². The van der Waals surface area contributed by atoms with Crippen molar-refractivity contribution in [3.63, 3.8) is 0 Å². The molecular weight excluding hydrogens is 556 g/mol. The molecular formula is C28H31ClN4O6S. The lowest BCUT2D eigenvalue weighted by molar-refractivity contribution is -0.384. The van der Waals surface area contributed by atoms with Gasteiger partial charge in [0, 0.05) is 29.7 Å². The maximum Gasteiger partial charge on any atom is 0.269 e. The molecule has 0 spiro atoms. The average Bonchev–Trinajstić information content (AvgIpc) is 2.94. The zero-order valence-corrected chi connectivity index (χ0v) is 23.9. The molecule has 3 aromatic carbocycles. The standard InChI is InChI=1S/C28H31ClN4O6S/c1-4-20(2)30-28(35)21(3)31(18-22-9-8-10-23(29)17-22)27(34)19-32(24-13-15-25(16-14-24)33(36)37)40(38,39)26-11-6-5-7-12-26/h5-17,20-21H,4,18-19H2,1-3H3,(H,30,35). The summed E-state index contributed by atoms with van der Waals surface area (Å²) in [5.41, 5.74) is 0.476. The van der Waals surface area contributed by atoms with Gasteiger partial charge in [0.05, 0.1) is 15.5 Å². The van der Waals surface area contributed by atoms with E-state index in [4.69, 9.17) is 11.6 Å². The number of rotatable bonds is 12. The van der Waals surface area contributed by atoms with E-state index >= 15 is 0 Å². The zero-order valence-electron chi connectivity index (χ0n) is 22.4. The Morgan fingerprint density at radius 1 is 1.00 bits per heavy atom. The van der Waals surface area contributed by atoms with E-state index in [1.54, 1.807) is 49.4 Å². The summed E-state index contributed by atoms with van der Waals surface area (Å²) < 4.78 is 28.3. The van der Waals surface area contributed by atoms with Crippen LogP contribution in [0.25, 0.3) is 0 Å². The van der Waals surface area contributed by atoms with Gasteiger partial charge >= 0.3 is 0 Å². The normalized spacial score (nSPS) is 12.7. The summed E-state index contributed by atoms with van der Waals surface area (Å²) in [5.74, 6) is -1.04. The number of carbonyl (C=O) groups excluding carboxylic acids is 2. The second-order valence-corrected chi connectivity index (χ2v) is 11.5. The van der Waals surface area contributed by atoms with Crippen LogP contribution in [0, 0.1) is 10.1 Å². The minimum absolute atomic E-state index is 0.00598. The van der Waals surface area contributed by atoms with Gasteiger partial charge in [0.1, 0.15) is 12.6 Å². The molecule has 3 rings (SSSR count). The van der Waals surface area contributed by atoms with Crippen LogP contribution in [0.3, 0.4) is 0 Å². The third kappa shape index (κ3) is 7.57. The van der Waals surface area contributed by atoms with Crippen LogP contribution in [0.5, 0.6) is 0 Å². The molecule has 0 radical (unpaired) electrons. The van der Waals surface area contributed by atoms with Gasteiger partial charge in [-0.1, -0.05) is 48.9 Å². The van der Waals surface area contributed by atoms with Crippen molar-refractivity contribution in [3.8, 4) is 0 Å². The molecule has 0 aliphatic carbocycles. The van der Waals surface area contributed by atoms with Gasteiger partial charge in [0.2, 0.25) is 11.8 Å². The van der Waals surface area contributed by atoms with Gasteiger partial charge in [-0.3, -0.25) is 24.0 Å². The third-order valence-corrected chi connectivity index (χ3v) is 8.39. The van der Waals surface area contributed by atoms with E-state index < -0.39 is 39.3 Å². The topological polar surface area (TPSA) is 130 Å². The Bertz CT molecular complexity index is 1450. The van der Waals surface area contributed by atoms with Crippen molar-refractivity contribution in [2.24, 2.45) is 0 Å². The lowest BCUT2D eigenvalue weighted by atomic mass is 10.1. The molecule has 2 amide bonds. The van der Waals surface area contributed by atoms with E-state index in [0.717, 1.165) is 4.31 Å². The molecule has 0 saturated heterocycles. The number of carbonyl (C=O) groups is 2. The molecule has 0 aromatic heterocycles. The first-order valence-electron chi connectivity index (χ1n) is 12.6. The van der Waals surface area contributed by atoms with Crippen LogP contribution in [-0.2, 0) is 26.2 Å². The molecule has 3 aromatic rings. The maximum atomic E-state index is 13.9. The van der Waals surface area contributed by atoms with Gasteiger partial charge in [0.15, 0.2) is 0 Å². The summed E-state index contributed by atoms with van der Waals surface area (Å²) in [5, 5.41) is 14.5. The first kappa shape index (κ1) is 30.6. The molecule has 0 heterocycles. The highest BCUT2D eigenvalue weighted by atomic mass is 35.5. The third-order valence-electron chi connectivity index (χ3n) is 6.37. The number of nitro benzene ring substituents is 1. The summed E-state index contributed by atoms with van der Waals surface area (Å²) in [4.78, 5) is 38.7. The summed E-state index contributed by atoms with van der Waals surface area (Å²) in [6.07, 6.45) is 0.684. The van der Waals surface area contributed by atoms with Gasteiger partial charge < -0.3 is 10.2 Å². The Labute approximate surface area is 238 Å². The van der Waals surface area contributed by atoms with Crippen molar-refractivity contribution >= 4 is 44.8 Å². The molecule has 2 atom stereocenters. The molecule has 40 heavy (non-hydrogen) atoms. The fraction of sp³-hybridized carbons (Fsp3) is 0.286. The Morgan fingerprint density at radius 2 is 1.65 bits per heavy atom. The van der Waals surface area contributed by atoms with Gasteiger partial charge in [-0.25, -0.2) is 8.42 Å². The monoisotopic (exact) mass is 586 g/mol.